The lowest BCUT2D eigenvalue weighted by molar-refractivity contribution is 0.169. The first kappa shape index (κ1) is 23.1. The van der Waals surface area contributed by atoms with E-state index < -0.39 is 0 Å². The van der Waals surface area contributed by atoms with E-state index in [-0.39, 0.29) is 41.8 Å². The predicted octanol–water partition coefficient (Wildman–Crippen LogP) is 3.69. The summed E-state index contributed by atoms with van der Waals surface area (Å²) >= 11 is 0. The van der Waals surface area contributed by atoms with Crippen molar-refractivity contribution in [2.24, 2.45) is 10.4 Å². The standard InChI is InChI=1S/C18H30FN3O.HI/c1-4-18(5-2,10-11-23)14-22-17(20-6-3)21-13-15-8-7-9-16(19)12-15;/h7-9,12,23H,4-6,10-11,13-14H2,1-3H3,(H2,20,21,22);1H. The van der Waals surface area contributed by atoms with Crippen molar-refractivity contribution >= 4 is 29.9 Å². The molecule has 0 aliphatic heterocycles. The number of nitrogens with one attached hydrogen (secondary N) is 2. The fourth-order valence-electron chi connectivity index (χ4n) is 2.60. The minimum atomic E-state index is -0.241. The van der Waals surface area contributed by atoms with Gasteiger partial charge in [0.2, 0.25) is 0 Å². The normalized spacial score (nSPS) is 11.8. The molecule has 0 bridgehead atoms. The van der Waals surface area contributed by atoms with Gasteiger partial charge in [-0.2, -0.15) is 0 Å². The van der Waals surface area contributed by atoms with E-state index in [1.165, 1.54) is 12.1 Å². The first-order valence-corrected chi connectivity index (χ1v) is 8.46. The summed E-state index contributed by atoms with van der Waals surface area (Å²) in [6.07, 6.45) is 2.77. The lowest BCUT2D eigenvalue weighted by Gasteiger charge is -2.32. The molecule has 0 spiro atoms. The van der Waals surface area contributed by atoms with Gasteiger partial charge in [0, 0.05) is 19.7 Å². The highest BCUT2D eigenvalue weighted by Crippen LogP contribution is 2.29. The first-order chi connectivity index (χ1) is 11.1. The van der Waals surface area contributed by atoms with Gasteiger partial charge >= 0.3 is 0 Å². The van der Waals surface area contributed by atoms with Gasteiger partial charge in [-0.05, 0) is 49.3 Å². The highest BCUT2D eigenvalue weighted by molar-refractivity contribution is 14.0. The number of aliphatic hydroxyl groups is 1. The molecule has 0 saturated heterocycles. The van der Waals surface area contributed by atoms with Crippen LogP contribution in [0.3, 0.4) is 0 Å². The van der Waals surface area contributed by atoms with Crippen molar-refractivity contribution in [1.82, 2.24) is 10.6 Å². The number of halogens is 2. The van der Waals surface area contributed by atoms with Gasteiger partial charge in [0.1, 0.15) is 5.82 Å². The molecule has 0 heterocycles. The van der Waals surface area contributed by atoms with Crippen LogP contribution in [0.5, 0.6) is 0 Å². The quantitative estimate of drug-likeness (QED) is 0.305. The molecule has 6 heteroatoms. The molecule has 0 aliphatic carbocycles. The fraction of sp³-hybridized carbons (Fsp3) is 0.611. The van der Waals surface area contributed by atoms with Crippen LogP contribution in [0.25, 0.3) is 0 Å². The average Bonchev–Trinajstić information content (AvgIpc) is 2.56. The van der Waals surface area contributed by atoms with Gasteiger partial charge in [-0.1, -0.05) is 26.0 Å². The lowest BCUT2D eigenvalue weighted by atomic mass is 9.79. The van der Waals surface area contributed by atoms with Crippen molar-refractivity contribution in [3.63, 3.8) is 0 Å². The molecule has 0 atom stereocenters. The third kappa shape index (κ3) is 7.79. The molecule has 138 valence electrons. The molecule has 0 unspecified atom stereocenters. The number of benzene rings is 1. The number of guanidine groups is 1. The molecule has 1 aromatic carbocycles. The van der Waals surface area contributed by atoms with Crippen LogP contribution in [0.2, 0.25) is 0 Å². The van der Waals surface area contributed by atoms with Gasteiger partial charge in [0.05, 0.1) is 6.54 Å². The zero-order chi connectivity index (χ0) is 17.1. The van der Waals surface area contributed by atoms with Crippen molar-refractivity contribution in [2.75, 3.05) is 19.7 Å². The second-order valence-electron chi connectivity index (χ2n) is 5.86. The van der Waals surface area contributed by atoms with Gasteiger partial charge < -0.3 is 15.7 Å². The number of hydrogen-bond acceptors (Lipinski definition) is 2. The summed E-state index contributed by atoms with van der Waals surface area (Å²) in [5, 5.41) is 15.9. The summed E-state index contributed by atoms with van der Waals surface area (Å²) in [5.74, 6) is 0.482. The number of nitrogens with zero attached hydrogens (tertiary/aromatic N) is 1. The molecule has 24 heavy (non-hydrogen) atoms. The Morgan fingerprint density at radius 3 is 2.46 bits per heavy atom. The van der Waals surface area contributed by atoms with Crippen LogP contribution >= 0.6 is 24.0 Å². The van der Waals surface area contributed by atoms with Gasteiger partial charge in [-0.25, -0.2) is 9.38 Å². The van der Waals surface area contributed by atoms with Crippen molar-refractivity contribution in [3.05, 3.63) is 35.6 Å². The Bertz CT molecular complexity index is 493. The average molecular weight is 451 g/mol. The maximum Gasteiger partial charge on any atom is 0.191 e. The molecule has 0 amide bonds. The Hall–Kier alpha value is -0.890. The summed E-state index contributed by atoms with van der Waals surface area (Å²) in [6.45, 7) is 8.46. The van der Waals surface area contributed by atoms with E-state index in [4.69, 9.17) is 0 Å². The number of hydrogen-bond donors (Lipinski definition) is 3. The van der Waals surface area contributed by atoms with Crippen LogP contribution in [-0.4, -0.2) is 30.8 Å². The number of rotatable bonds is 9. The van der Waals surface area contributed by atoms with E-state index in [9.17, 15) is 9.50 Å². The molecular weight excluding hydrogens is 420 g/mol. The summed E-state index contributed by atoms with van der Waals surface area (Å²) in [4.78, 5) is 4.52. The van der Waals surface area contributed by atoms with Crippen molar-refractivity contribution in [3.8, 4) is 0 Å². The van der Waals surface area contributed by atoms with Crippen LogP contribution in [0.15, 0.2) is 29.3 Å². The third-order valence-electron chi connectivity index (χ3n) is 4.43. The van der Waals surface area contributed by atoms with E-state index in [1.807, 2.05) is 13.0 Å². The number of aliphatic imine (C=N–C) groups is 1. The minimum absolute atomic E-state index is 0. The maximum atomic E-state index is 13.2. The highest BCUT2D eigenvalue weighted by atomic mass is 127. The second kappa shape index (κ2) is 12.5. The fourth-order valence-corrected chi connectivity index (χ4v) is 2.60. The van der Waals surface area contributed by atoms with Gasteiger partial charge in [-0.15, -0.1) is 24.0 Å². The minimum Gasteiger partial charge on any atom is -0.396 e. The van der Waals surface area contributed by atoms with Gasteiger partial charge in [0.25, 0.3) is 0 Å². The molecule has 1 aromatic rings. The van der Waals surface area contributed by atoms with Crippen LogP contribution in [0.4, 0.5) is 4.39 Å². The van der Waals surface area contributed by atoms with E-state index in [0.717, 1.165) is 43.9 Å². The highest BCUT2D eigenvalue weighted by Gasteiger charge is 2.25. The Labute approximate surface area is 162 Å². The van der Waals surface area contributed by atoms with Crippen molar-refractivity contribution < 1.29 is 9.50 Å². The predicted molar refractivity (Wildman–Crippen MR) is 109 cm³/mol. The monoisotopic (exact) mass is 451 g/mol. The molecule has 1 rings (SSSR count). The van der Waals surface area contributed by atoms with E-state index >= 15 is 0 Å². The Kier molecular flexibility index (Phi) is 12.0. The zero-order valence-electron chi connectivity index (χ0n) is 14.9. The topological polar surface area (TPSA) is 56.7 Å². The summed E-state index contributed by atoms with van der Waals surface area (Å²) in [6, 6.07) is 6.49. The molecule has 0 radical (unpaired) electrons. The number of aliphatic hydroxyl groups excluding tert-OH is 1. The summed E-state index contributed by atoms with van der Waals surface area (Å²) < 4.78 is 13.2. The van der Waals surface area contributed by atoms with Crippen LogP contribution in [-0.2, 0) is 6.54 Å². The van der Waals surface area contributed by atoms with Crippen LogP contribution in [0.1, 0.15) is 45.6 Å². The molecule has 0 fully saturated rings. The van der Waals surface area contributed by atoms with Crippen LogP contribution < -0.4 is 10.6 Å². The molecule has 4 nitrogen and oxygen atoms in total. The summed E-state index contributed by atoms with van der Waals surface area (Å²) in [5.41, 5.74) is 0.916. The Morgan fingerprint density at radius 1 is 1.21 bits per heavy atom. The largest absolute Gasteiger partial charge is 0.396 e. The van der Waals surface area contributed by atoms with Crippen molar-refractivity contribution in [2.45, 2.75) is 46.6 Å². The molecule has 0 aliphatic rings. The third-order valence-corrected chi connectivity index (χ3v) is 4.43. The van der Waals surface area contributed by atoms with E-state index in [0.29, 0.717) is 6.54 Å². The second-order valence-corrected chi connectivity index (χ2v) is 5.86. The smallest absolute Gasteiger partial charge is 0.191 e. The van der Waals surface area contributed by atoms with Gasteiger partial charge in [0.15, 0.2) is 5.96 Å². The SMILES string of the molecule is CCNC(=NCc1cccc(F)c1)NCC(CC)(CC)CCO.I. The van der Waals surface area contributed by atoms with E-state index in [1.54, 1.807) is 6.07 Å². The molecule has 3 N–H and O–H groups in total. The molecule has 0 aromatic heterocycles. The van der Waals surface area contributed by atoms with Crippen molar-refractivity contribution in [1.29, 1.82) is 0 Å². The molecule has 0 saturated carbocycles. The van der Waals surface area contributed by atoms with Crippen LogP contribution in [0, 0.1) is 11.2 Å². The first-order valence-electron chi connectivity index (χ1n) is 8.46. The lowest BCUT2D eigenvalue weighted by Crippen LogP contribution is -2.43. The Morgan fingerprint density at radius 2 is 1.92 bits per heavy atom. The van der Waals surface area contributed by atoms with E-state index in [2.05, 4.69) is 29.5 Å². The molecular formula is C18H31FIN3O. The Balaban J connectivity index is 0.00000529. The summed E-state index contributed by atoms with van der Waals surface area (Å²) in [7, 11) is 0. The van der Waals surface area contributed by atoms with Gasteiger partial charge in [-0.3, -0.25) is 0 Å². The maximum absolute atomic E-state index is 13.2. The zero-order valence-corrected chi connectivity index (χ0v) is 17.3.